The minimum absolute atomic E-state index is 0.0358. The van der Waals surface area contributed by atoms with Crippen LogP contribution in [-0.4, -0.2) is 85.3 Å². The quantitative estimate of drug-likeness (QED) is 0.623. The van der Waals surface area contributed by atoms with Gasteiger partial charge in [-0.15, -0.1) is 0 Å². The number of nitrogens with one attached hydrogen (secondary N) is 1. The summed E-state index contributed by atoms with van der Waals surface area (Å²) in [4.78, 5) is 43.4. The van der Waals surface area contributed by atoms with Crippen molar-refractivity contribution < 1.29 is 33.0 Å². The van der Waals surface area contributed by atoms with E-state index in [0.29, 0.717) is 50.4 Å². The molecule has 0 radical (unpaired) electrons. The Hall–Kier alpha value is -3.50. The van der Waals surface area contributed by atoms with E-state index in [0.717, 1.165) is 12.8 Å². The van der Waals surface area contributed by atoms with Crippen molar-refractivity contribution >= 4 is 17.7 Å². The summed E-state index contributed by atoms with van der Waals surface area (Å²) in [5.41, 5.74) is -0.274. The number of likely N-dealkylation sites (tertiary alicyclic amines) is 1. The van der Waals surface area contributed by atoms with Gasteiger partial charge in [-0.25, -0.2) is 4.39 Å². The normalized spacial score (nSPS) is 22.5. The molecule has 2 aromatic carbocycles. The second-order valence-corrected chi connectivity index (χ2v) is 9.86. The number of nitrogens with zero attached hydrogens (tertiary/aromatic N) is 2. The molecule has 2 aromatic rings. The van der Waals surface area contributed by atoms with Gasteiger partial charge in [-0.1, -0.05) is 6.07 Å². The van der Waals surface area contributed by atoms with E-state index in [1.54, 1.807) is 36.3 Å². The van der Waals surface area contributed by atoms with Crippen molar-refractivity contribution in [1.29, 1.82) is 0 Å². The maximum atomic E-state index is 13.7. The number of carbonyl (C=O) groups excluding carboxylic acids is 3. The zero-order valence-corrected chi connectivity index (χ0v) is 21.4. The number of halogens is 1. The van der Waals surface area contributed by atoms with Crippen LogP contribution in [-0.2, 0) is 14.3 Å². The Morgan fingerprint density at radius 3 is 2.53 bits per heavy atom. The molecular weight excluding hydrogens is 493 g/mol. The highest BCUT2D eigenvalue weighted by Gasteiger charge is 2.54. The fourth-order valence-electron chi connectivity index (χ4n) is 5.43. The predicted molar refractivity (Wildman–Crippen MR) is 135 cm³/mol. The average molecular weight is 526 g/mol. The molecule has 3 saturated heterocycles. The first kappa shape index (κ1) is 26.1. The van der Waals surface area contributed by atoms with Crippen molar-refractivity contribution in [2.45, 2.75) is 43.6 Å². The molecule has 3 heterocycles. The van der Waals surface area contributed by atoms with Gasteiger partial charge in [-0.3, -0.25) is 19.3 Å². The summed E-state index contributed by atoms with van der Waals surface area (Å²) in [6.07, 6.45) is 2.47. The van der Waals surface area contributed by atoms with Crippen molar-refractivity contribution in [2.75, 3.05) is 40.0 Å². The lowest BCUT2D eigenvalue weighted by Crippen LogP contribution is -2.60. The number of hydrogen-bond donors (Lipinski definition) is 1. The minimum Gasteiger partial charge on any atom is -0.497 e. The maximum absolute atomic E-state index is 13.7. The van der Waals surface area contributed by atoms with Gasteiger partial charge in [0.15, 0.2) is 0 Å². The van der Waals surface area contributed by atoms with Crippen LogP contribution in [0.2, 0.25) is 0 Å². The summed E-state index contributed by atoms with van der Waals surface area (Å²) in [6.45, 7) is 1.76. The largest absolute Gasteiger partial charge is 0.497 e. The highest BCUT2D eigenvalue weighted by Crippen LogP contribution is 2.39. The van der Waals surface area contributed by atoms with Gasteiger partial charge in [0.05, 0.1) is 19.8 Å². The number of carbonyl (C=O) groups is 3. The summed E-state index contributed by atoms with van der Waals surface area (Å²) in [7, 11) is 1.55. The first-order chi connectivity index (χ1) is 18.4. The standard InChI is InChI=1S/C28H32FN3O6/c1-36-22-5-2-4-20(16-22)26(34)31-13-11-28(12-14-31)32(27(35)19-7-9-21(29)10-8-19)24(18-38-28)25(33)30-17-23-6-3-15-37-23/h2,4-5,7-10,16,23-24H,3,6,11-15,17-18H2,1H3,(H,30,33)/t23-,24+/m0/s1. The molecule has 0 aliphatic carbocycles. The van der Waals surface area contributed by atoms with E-state index >= 15 is 0 Å². The van der Waals surface area contributed by atoms with E-state index in [1.807, 2.05) is 0 Å². The lowest BCUT2D eigenvalue weighted by molar-refractivity contribution is -0.128. The number of ether oxygens (including phenoxy) is 3. The van der Waals surface area contributed by atoms with Crippen LogP contribution in [0.4, 0.5) is 4.39 Å². The fourth-order valence-corrected chi connectivity index (χ4v) is 5.43. The summed E-state index contributed by atoms with van der Waals surface area (Å²) >= 11 is 0. The smallest absolute Gasteiger partial charge is 0.256 e. The topological polar surface area (TPSA) is 97.4 Å². The molecule has 3 amide bonds. The highest BCUT2D eigenvalue weighted by atomic mass is 19.1. The first-order valence-electron chi connectivity index (χ1n) is 13.0. The lowest BCUT2D eigenvalue weighted by atomic mass is 9.96. The summed E-state index contributed by atoms with van der Waals surface area (Å²) < 4.78 is 30.6. The minimum atomic E-state index is -1.05. The fraction of sp³-hybridized carbons (Fsp3) is 0.464. The summed E-state index contributed by atoms with van der Waals surface area (Å²) in [5, 5.41) is 2.92. The van der Waals surface area contributed by atoms with Crippen LogP contribution in [0.5, 0.6) is 5.75 Å². The number of benzene rings is 2. The van der Waals surface area contributed by atoms with Crippen molar-refractivity contribution in [1.82, 2.24) is 15.1 Å². The Morgan fingerprint density at radius 1 is 1.08 bits per heavy atom. The molecule has 0 saturated carbocycles. The van der Waals surface area contributed by atoms with Gasteiger partial charge in [0.2, 0.25) is 5.91 Å². The number of hydrogen-bond acceptors (Lipinski definition) is 6. The van der Waals surface area contributed by atoms with E-state index in [-0.39, 0.29) is 30.1 Å². The molecule has 5 rings (SSSR count). The third-order valence-electron chi connectivity index (χ3n) is 7.55. The van der Waals surface area contributed by atoms with E-state index in [1.165, 1.54) is 29.2 Å². The summed E-state index contributed by atoms with van der Waals surface area (Å²) in [6, 6.07) is 11.4. The molecule has 1 spiro atoms. The van der Waals surface area contributed by atoms with Gasteiger partial charge in [-0.2, -0.15) is 0 Å². The monoisotopic (exact) mass is 525 g/mol. The molecule has 202 valence electrons. The van der Waals surface area contributed by atoms with Crippen molar-refractivity contribution in [3.05, 3.63) is 65.5 Å². The molecule has 10 heteroatoms. The molecule has 9 nitrogen and oxygen atoms in total. The molecular formula is C28H32FN3O6. The van der Waals surface area contributed by atoms with Crippen LogP contribution < -0.4 is 10.1 Å². The second kappa shape index (κ2) is 11.1. The number of methoxy groups -OCH3 is 1. The van der Waals surface area contributed by atoms with Crippen LogP contribution >= 0.6 is 0 Å². The lowest BCUT2D eigenvalue weighted by Gasteiger charge is -2.44. The summed E-state index contributed by atoms with van der Waals surface area (Å²) in [5.74, 6) is -0.727. The Labute approximate surface area is 220 Å². The van der Waals surface area contributed by atoms with Crippen molar-refractivity contribution in [3.8, 4) is 5.75 Å². The van der Waals surface area contributed by atoms with Gasteiger partial charge >= 0.3 is 0 Å². The third kappa shape index (κ3) is 5.23. The van der Waals surface area contributed by atoms with Crippen LogP contribution in [0.25, 0.3) is 0 Å². The Morgan fingerprint density at radius 2 is 1.84 bits per heavy atom. The third-order valence-corrected chi connectivity index (χ3v) is 7.55. The van der Waals surface area contributed by atoms with Gasteiger partial charge in [-0.05, 0) is 55.3 Å². The SMILES string of the molecule is COc1cccc(C(=O)N2CCC3(CC2)OC[C@H](C(=O)NC[C@@H]2CCCO2)N3C(=O)c2ccc(F)cc2)c1. The van der Waals surface area contributed by atoms with Gasteiger partial charge in [0, 0.05) is 50.2 Å². The van der Waals surface area contributed by atoms with Crippen molar-refractivity contribution in [3.63, 3.8) is 0 Å². The average Bonchev–Trinajstić information content (AvgIpc) is 3.60. The number of amides is 3. The molecule has 3 fully saturated rings. The maximum Gasteiger partial charge on any atom is 0.256 e. The first-order valence-corrected chi connectivity index (χ1v) is 13.0. The Kier molecular flexibility index (Phi) is 7.62. The van der Waals surface area contributed by atoms with E-state index in [9.17, 15) is 18.8 Å². The van der Waals surface area contributed by atoms with E-state index in [4.69, 9.17) is 14.2 Å². The zero-order valence-electron chi connectivity index (χ0n) is 21.4. The van der Waals surface area contributed by atoms with E-state index < -0.39 is 23.5 Å². The predicted octanol–water partition coefficient (Wildman–Crippen LogP) is 2.60. The number of rotatable bonds is 6. The van der Waals surface area contributed by atoms with Crippen LogP contribution in [0.1, 0.15) is 46.4 Å². The molecule has 3 aliphatic heterocycles. The molecule has 38 heavy (non-hydrogen) atoms. The van der Waals surface area contributed by atoms with Crippen LogP contribution in [0.15, 0.2) is 48.5 Å². The molecule has 0 unspecified atom stereocenters. The Balaban J connectivity index is 1.34. The van der Waals surface area contributed by atoms with E-state index in [2.05, 4.69) is 5.32 Å². The molecule has 1 N–H and O–H groups in total. The van der Waals surface area contributed by atoms with Gasteiger partial charge < -0.3 is 24.4 Å². The van der Waals surface area contributed by atoms with Gasteiger partial charge in [0.25, 0.3) is 11.8 Å². The van der Waals surface area contributed by atoms with Gasteiger partial charge in [0.1, 0.15) is 23.3 Å². The molecule has 0 aromatic heterocycles. The molecule has 3 aliphatic rings. The zero-order chi connectivity index (χ0) is 26.7. The number of piperidine rings is 1. The second-order valence-electron chi connectivity index (χ2n) is 9.86. The van der Waals surface area contributed by atoms with Crippen LogP contribution in [0, 0.1) is 5.82 Å². The Bertz CT molecular complexity index is 1180. The van der Waals surface area contributed by atoms with Crippen molar-refractivity contribution in [2.24, 2.45) is 0 Å². The van der Waals surface area contributed by atoms with Crippen LogP contribution in [0.3, 0.4) is 0 Å². The molecule has 0 bridgehead atoms. The molecule has 2 atom stereocenters. The highest BCUT2D eigenvalue weighted by molar-refractivity contribution is 5.98.